The van der Waals surface area contributed by atoms with Crippen LogP contribution >= 0.6 is 23.1 Å². The van der Waals surface area contributed by atoms with Crippen molar-refractivity contribution in [3.8, 4) is 23.0 Å². The van der Waals surface area contributed by atoms with E-state index in [1.807, 2.05) is 13.8 Å². The monoisotopic (exact) mass is 477 g/mol. The molecule has 2 heterocycles. The van der Waals surface area contributed by atoms with Crippen LogP contribution < -0.4 is 14.8 Å². The third-order valence-corrected chi connectivity index (χ3v) is 6.42. The molecule has 1 aromatic carbocycles. The number of nitrogens with zero attached hydrogens (tertiary/aromatic N) is 2. The molecular formula is C21H23N3O6S2. The summed E-state index contributed by atoms with van der Waals surface area (Å²) in [5.74, 6) is 0.703. The Hall–Kier alpha value is -3.05. The van der Waals surface area contributed by atoms with Crippen LogP contribution in [-0.2, 0) is 9.53 Å². The first-order valence-electron chi connectivity index (χ1n) is 9.63. The molecule has 0 aliphatic carbocycles. The molecule has 0 atom stereocenters. The number of esters is 1. The van der Waals surface area contributed by atoms with E-state index < -0.39 is 5.97 Å². The predicted octanol–water partition coefficient (Wildman–Crippen LogP) is 4.34. The quantitative estimate of drug-likeness (QED) is 0.355. The van der Waals surface area contributed by atoms with Crippen LogP contribution in [0, 0.1) is 13.8 Å². The molecule has 0 saturated carbocycles. The Kier molecular flexibility index (Phi) is 7.75. The number of amides is 1. The third kappa shape index (κ3) is 5.22. The number of methoxy groups -OCH3 is 2. The molecule has 1 amide bonds. The number of thioether (sulfide) groups is 1. The molecule has 1 N–H and O–H groups in total. The number of carbonyl (C=O) groups excluding carboxylic acids is 2. The lowest BCUT2D eigenvalue weighted by atomic mass is 10.1. The first-order chi connectivity index (χ1) is 15.4. The van der Waals surface area contributed by atoms with Gasteiger partial charge >= 0.3 is 5.97 Å². The molecule has 0 radical (unpaired) electrons. The molecule has 32 heavy (non-hydrogen) atoms. The Morgan fingerprint density at radius 1 is 1.16 bits per heavy atom. The maximum Gasteiger partial charge on any atom is 0.341 e. The zero-order chi connectivity index (χ0) is 23.3. The van der Waals surface area contributed by atoms with Crippen molar-refractivity contribution in [2.24, 2.45) is 0 Å². The van der Waals surface area contributed by atoms with E-state index in [0.29, 0.717) is 33.5 Å². The smallest absolute Gasteiger partial charge is 0.341 e. The van der Waals surface area contributed by atoms with Gasteiger partial charge in [-0.05, 0) is 44.5 Å². The number of rotatable bonds is 9. The summed E-state index contributed by atoms with van der Waals surface area (Å²) in [4.78, 5) is 25.7. The molecule has 2 aromatic heterocycles. The van der Waals surface area contributed by atoms with Crippen LogP contribution in [0.15, 0.2) is 27.8 Å². The van der Waals surface area contributed by atoms with Gasteiger partial charge in [-0.2, -0.15) is 0 Å². The van der Waals surface area contributed by atoms with Crippen LogP contribution in [0.2, 0.25) is 0 Å². The Morgan fingerprint density at radius 3 is 2.59 bits per heavy atom. The minimum atomic E-state index is -0.450. The molecule has 0 aliphatic heterocycles. The van der Waals surface area contributed by atoms with Gasteiger partial charge in [0.1, 0.15) is 5.00 Å². The number of aryl methyl sites for hydroxylation is 1. The first-order valence-corrected chi connectivity index (χ1v) is 11.4. The van der Waals surface area contributed by atoms with Crippen LogP contribution in [0.4, 0.5) is 5.00 Å². The van der Waals surface area contributed by atoms with Gasteiger partial charge in [-0.25, -0.2) is 4.79 Å². The number of thiophene rings is 1. The van der Waals surface area contributed by atoms with Crippen molar-refractivity contribution >= 4 is 40.0 Å². The van der Waals surface area contributed by atoms with Crippen LogP contribution in [0.3, 0.4) is 0 Å². The second kappa shape index (κ2) is 10.5. The Balaban J connectivity index is 1.65. The van der Waals surface area contributed by atoms with Crippen LogP contribution in [-0.4, -0.2) is 48.7 Å². The van der Waals surface area contributed by atoms with Crippen molar-refractivity contribution in [2.45, 2.75) is 26.0 Å². The summed E-state index contributed by atoms with van der Waals surface area (Å²) in [6.45, 7) is 5.72. The standard InChI is InChI=1S/C21H23N3O6S2/c1-6-29-20(26)17-11(2)12(3)32-19(17)22-16(25)10-31-21-24-23-18(30-21)13-7-8-14(27-4)15(9-13)28-5/h7-9H,6,10H2,1-5H3,(H,22,25). The molecule has 0 aliphatic rings. The molecule has 9 nitrogen and oxygen atoms in total. The number of anilines is 1. The highest BCUT2D eigenvalue weighted by atomic mass is 32.2. The summed E-state index contributed by atoms with van der Waals surface area (Å²) in [5, 5.41) is 11.5. The van der Waals surface area contributed by atoms with Crippen LogP contribution in [0.5, 0.6) is 11.5 Å². The Bertz CT molecular complexity index is 1120. The number of carbonyl (C=O) groups is 2. The average molecular weight is 478 g/mol. The highest BCUT2D eigenvalue weighted by molar-refractivity contribution is 7.99. The van der Waals surface area contributed by atoms with Crippen molar-refractivity contribution < 1.29 is 28.2 Å². The summed E-state index contributed by atoms with van der Waals surface area (Å²) >= 11 is 2.43. The lowest BCUT2D eigenvalue weighted by Gasteiger charge is -2.07. The molecule has 3 aromatic rings. The molecule has 0 spiro atoms. The van der Waals surface area contributed by atoms with Gasteiger partial charge in [0.15, 0.2) is 11.5 Å². The van der Waals surface area contributed by atoms with E-state index in [9.17, 15) is 9.59 Å². The Labute approximate surface area is 193 Å². The molecule has 0 saturated heterocycles. The van der Waals surface area contributed by atoms with Gasteiger partial charge in [-0.3, -0.25) is 4.79 Å². The fourth-order valence-corrected chi connectivity index (χ4v) is 4.44. The van der Waals surface area contributed by atoms with E-state index in [0.717, 1.165) is 22.2 Å². The summed E-state index contributed by atoms with van der Waals surface area (Å²) in [6, 6.07) is 5.24. The molecule has 0 fully saturated rings. The minimum absolute atomic E-state index is 0.0336. The second-order valence-electron chi connectivity index (χ2n) is 6.49. The average Bonchev–Trinajstić information content (AvgIpc) is 3.36. The normalized spacial score (nSPS) is 10.7. The molecular weight excluding hydrogens is 454 g/mol. The second-order valence-corrected chi connectivity index (χ2v) is 8.64. The number of hydrogen-bond donors (Lipinski definition) is 1. The number of hydrogen-bond acceptors (Lipinski definition) is 10. The van der Waals surface area contributed by atoms with Crippen LogP contribution in [0.25, 0.3) is 11.5 Å². The highest BCUT2D eigenvalue weighted by Gasteiger charge is 2.22. The fraction of sp³-hybridized carbons (Fsp3) is 0.333. The SMILES string of the molecule is CCOC(=O)c1c(NC(=O)CSc2nnc(-c3ccc(OC)c(OC)c3)o2)sc(C)c1C. The highest BCUT2D eigenvalue weighted by Crippen LogP contribution is 2.34. The van der Waals surface area contributed by atoms with E-state index in [2.05, 4.69) is 15.5 Å². The van der Waals surface area contributed by atoms with E-state index in [1.165, 1.54) is 11.3 Å². The molecule has 0 unspecified atom stereocenters. The maximum absolute atomic E-state index is 12.5. The van der Waals surface area contributed by atoms with E-state index in [4.69, 9.17) is 18.6 Å². The summed E-state index contributed by atoms with van der Waals surface area (Å²) < 4.78 is 21.3. The zero-order valence-corrected chi connectivity index (χ0v) is 19.9. The van der Waals surface area contributed by atoms with Crippen molar-refractivity contribution in [1.29, 1.82) is 0 Å². The number of ether oxygens (including phenoxy) is 3. The summed E-state index contributed by atoms with van der Waals surface area (Å²) in [5.41, 5.74) is 1.85. The maximum atomic E-state index is 12.5. The number of benzene rings is 1. The number of aromatic nitrogens is 2. The summed E-state index contributed by atoms with van der Waals surface area (Å²) in [6.07, 6.45) is 0. The minimum Gasteiger partial charge on any atom is -0.493 e. The molecule has 170 valence electrons. The van der Waals surface area contributed by atoms with Gasteiger partial charge in [0, 0.05) is 10.4 Å². The van der Waals surface area contributed by atoms with Crippen molar-refractivity contribution in [1.82, 2.24) is 10.2 Å². The van der Waals surface area contributed by atoms with Gasteiger partial charge in [0.25, 0.3) is 5.22 Å². The lowest BCUT2D eigenvalue weighted by Crippen LogP contribution is -2.16. The third-order valence-electron chi connectivity index (χ3n) is 4.48. The molecule has 0 bridgehead atoms. The topological polar surface area (TPSA) is 113 Å². The summed E-state index contributed by atoms with van der Waals surface area (Å²) in [7, 11) is 3.10. The predicted molar refractivity (Wildman–Crippen MR) is 122 cm³/mol. The first kappa shape index (κ1) is 23.6. The van der Waals surface area contributed by atoms with Gasteiger partial charge in [0.2, 0.25) is 11.8 Å². The van der Waals surface area contributed by atoms with Crippen molar-refractivity contribution in [2.75, 3.05) is 31.9 Å². The van der Waals surface area contributed by atoms with Gasteiger partial charge in [0.05, 0.1) is 32.1 Å². The van der Waals surface area contributed by atoms with Gasteiger partial charge in [-0.1, -0.05) is 11.8 Å². The van der Waals surface area contributed by atoms with Crippen molar-refractivity contribution in [3.05, 3.63) is 34.2 Å². The van der Waals surface area contributed by atoms with Crippen LogP contribution in [0.1, 0.15) is 27.7 Å². The van der Waals surface area contributed by atoms with Gasteiger partial charge in [-0.15, -0.1) is 21.5 Å². The molecule has 11 heteroatoms. The fourth-order valence-electron chi connectivity index (χ4n) is 2.81. The lowest BCUT2D eigenvalue weighted by molar-refractivity contribution is -0.113. The molecule has 3 rings (SSSR count). The number of nitrogens with one attached hydrogen (secondary N) is 1. The van der Waals surface area contributed by atoms with E-state index in [1.54, 1.807) is 39.3 Å². The van der Waals surface area contributed by atoms with Gasteiger partial charge < -0.3 is 23.9 Å². The van der Waals surface area contributed by atoms with Crippen molar-refractivity contribution in [3.63, 3.8) is 0 Å². The van der Waals surface area contributed by atoms with E-state index in [-0.39, 0.29) is 23.5 Å². The zero-order valence-electron chi connectivity index (χ0n) is 18.3. The van der Waals surface area contributed by atoms with E-state index >= 15 is 0 Å². The Morgan fingerprint density at radius 2 is 1.91 bits per heavy atom. The largest absolute Gasteiger partial charge is 0.493 e.